The molecular weight excluding hydrogens is 136 g/mol. The van der Waals surface area contributed by atoms with Crippen LogP contribution in [0.1, 0.15) is 5.82 Å². The normalized spacial score (nSPS) is 10.0. The number of aromatic amines is 1. The first-order valence-electron chi connectivity index (χ1n) is 2.52. The summed E-state index contributed by atoms with van der Waals surface area (Å²) in [6, 6.07) is 0. The Morgan fingerprint density at radius 1 is 1.78 bits per heavy atom. The van der Waals surface area contributed by atoms with Crippen molar-refractivity contribution in [1.82, 2.24) is 15.2 Å². The Kier molecular flexibility index (Phi) is 2.07. The maximum atomic E-state index is 5.27. The van der Waals surface area contributed by atoms with Crippen LogP contribution in [0.25, 0.3) is 0 Å². The lowest BCUT2D eigenvalue weighted by atomic mass is 10.6. The van der Waals surface area contributed by atoms with Gasteiger partial charge in [0, 0.05) is 0 Å². The Balaban J connectivity index is 2.74. The molecule has 1 heterocycles. The number of nitrogens with zero attached hydrogens (tertiary/aromatic N) is 2. The van der Waals surface area contributed by atoms with Crippen molar-refractivity contribution in [2.45, 2.75) is 11.7 Å². The third-order valence-electron chi connectivity index (χ3n) is 0.887. The molecule has 0 saturated carbocycles. The molecule has 50 valence electrons. The maximum Gasteiger partial charge on any atom is 0.208 e. The van der Waals surface area contributed by atoms with Crippen LogP contribution in [0.5, 0.6) is 0 Å². The van der Waals surface area contributed by atoms with Crippen molar-refractivity contribution in [1.29, 1.82) is 0 Å². The average molecular weight is 144 g/mol. The first-order chi connectivity index (χ1) is 4.36. The molecule has 0 aliphatic heterocycles. The number of hydrogen-bond acceptors (Lipinski definition) is 4. The summed E-state index contributed by atoms with van der Waals surface area (Å²) in [6.07, 6.45) is 1.92. The van der Waals surface area contributed by atoms with Gasteiger partial charge in [0.1, 0.15) is 5.82 Å². The van der Waals surface area contributed by atoms with Gasteiger partial charge in [-0.1, -0.05) is 11.8 Å². The van der Waals surface area contributed by atoms with Crippen molar-refractivity contribution >= 4 is 11.8 Å². The lowest BCUT2D eigenvalue weighted by Gasteiger charge is -1.80. The summed E-state index contributed by atoms with van der Waals surface area (Å²) in [6.45, 7) is 0.424. The lowest BCUT2D eigenvalue weighted by molar-refractivity contribution is 0.916. The number of aromatic nitrogens is 3. The van der Waals surface area contributed by atoms with E-state index in [1.54, 1.807) is 0 Å². The van der Waals surface area contributed by atoms with E-state index in [9.17, 15) is 0 Å². The summed E-state index contributed by atoms with van der Waals surface area (Å²) in [4.78, 5) is 4.02. The van der Waals surface area contributed by atoms with E-state index in [2.05, 4.69) is 15.2 Å². The molecule has 0 aliphatic carbocycles. The van der Waals surface area contributed by atoms with E-state index in [-0.39, 0.29) is 0 Å². The summed E-state index contributed by atoms with van der Waals surface area (Å²) in [5, 5.41) is 7.30. The topological polar surface area (TPSA) is 67.6 Å². The van der Waals surface area contributed by atoms with Crippen LogP contribution in [0.4, 0.5) is 0 Å². The van der Waals surface area contributed by atoms with Crippen molar-refractivity contribution < 1.29 is 0 Å². The van der Waals surface area contributed by atoms with Gasteiger partial charge < -0.3 is 5.73 Å². The van der Waals surface area contributed by atoms with Crippen LogP contribution < -0.4 is 5.73 Å². The molecule has 5 heteroatoms. The predicted molar refractivity (Wildman–Crippen MR) is 36.1 cm³/mol. The highest BCUT2D eigenvalue weighted by molar-refractivity contribution is 7.98. The van der Waals surface area contributed by atoms with Crippen molar-refractivity contribution in [3.05, 3.63) is 5.82 Å². The predicted octanol–water partition coefficient (Wildman–Crippen LogP) is -0.0147. The van der Waals surface area contributed by atoms with Gasteiger partial charge in [-0.2, -0.15) is 0 Å². The van der Waals surface area contributed by atoms with Crippen molar-refractivity contribution in [3.8, 4) is 0 Å². The fourth-order valence-corrected chi connectivity index (χ4v) is 0.799. The lowest BCUT2D eigenvalue weighted by Crippen LogP contribution is -1.97. The fourth-order valence-electron chi connectivity index (χ4n) is 0.460. The largest absolute Gasteiger partial charge is 0.324 e. The van der Waals surface area contributed by atoms with Gasteiger partial charge in [0.05, 0.1) is 6.54 Å². The zero-order valence-corrected chi connectivity index (χ0v) is 5.90. The third-order valence-corrected chi connectivity index (χ3v) is 1.43. The number of nitrogens with one attached hydrogen (secondary N) is 1. The van der Waals surface area contributed by atoms with Gasteiger partial charge in [0.15, 0.2) is 0 Å². The molecule has 4 nitrogen and oxygen atoms in total. The van der Waals surface area contributed by atoms with E-state index in [0.29, 0.717) is 6.54 Å². The molecule has 3 N–H and O–H groups in total. The zero-order chi connectivity index (χ0) is 6.69. The minimum atomic E-state index is 0.424. The Labute approximate surface area is 57.2 Å². The van der Waals surface area contributed by atoms with Crippen molar-refractivity contribution in [2.24, 2.45) is 5.73 Å². The van der Waals surface area contributed by atoms with E-state index in [4.69, 9.17) is 5.73 Å². The SMILES string of the molecule is CSc1n[nH]c(CN)n1. The zero-order valence-electron chi connectivity index (χ0n) is 5.09. The van der Waals surface area contributed by atoms with Crippen LogP contribution in [-0.2, 0) is 6.54 Å². The first-order valence-corrected chi connectivity index (χ1v) is 3.74. The molecule has 0 saturated heterocycles. The average Bonchev–Trinajstić information content (AvgIpc) is 2.34. The van der Waals surface area contributed by atoms with Gasteiger partial charge in [-0.25, -0.2) is 4.98 Å². The number of nitrogens with two attached hydrogens (primary N) is 1. The molecule has 1 rings (SSSR count). The Morgan fingerprint density at radius 3 is 2.89 bits per heavy atom. The smallest absolute Gasteiger partial charge is 0.208 e. The number of rotatable bonds is 2. The first kappa shape index (κ1) is 6.57. The highest BCUT2D eigenvalue weighted by Gasteiger charge is 1.96. The van der Waals surface area contributed by atoms with E-state index < -0.39 is 0 Å². The van der Waals surface area contributed by atoms with Crippen LogP contribution in [-0.4, -0.2) is 21.4 Å². The molecule has 0 unspecified atom stereocenters. The van der Waals surface area contributed by atoms with Gasteiger partial charge in [0.25, 0.3) is 0 Å². The van der Waals surface area contributed by atoms with Crippen LogP contribution >= 0.6 is 11.8 Å². The summed E-state index contributed by atoms with van der Waals surface area (Å²) < 4.78 is 0. The Hall–Kier alpha value is -0.550. The molecule has 0 aliphatic rings. The molecule has 0 bridgehead atoms. The van der Waals surface area contributed by atoms with E-state index >= 15 is 0 Å². The van der Waals surface area contributed by atoms with E-state index in [1.165, 1.54) is 11.8 Å². The van der Waals surface area contributed by atoms with Gasteiger partial charge in [-0.3, -0.25) is 5.10 Å². The molecule has 0 spiro atoms. The van der Waals surface area contributed by atoms with Gasteiger partial charge in [-0.15, -0.1) is 5.10 Å². The molecule has 0 atom stereocenters. The fraction of sp³-hybridized carbons (Fsp3) is 0.500. The minimum absolute atomic E-state index is 0.424. The number of hydrogen-bond donors (Lipinski definition) is 2. The molecule has 0 radical (unpaired) electrons. The molecular formula is C4H8N4S. The van der Waals surface area contributed by atoms with Gasteiger partial charge in [-0.05, 0) is 6.26 Å². The Bertz CT molecular complexity index is 166. The molecule has 0 fully saturated rings. The van der Waals surface area contributed by atoms with E-state index in [0.717, 1.165) is 11.0 Å². The van der Waals surface area contributed by atoms with Gasteiger partial charge >= 0.3 is 0 Å². The monoisotopic (exact) mass is 144 g/mol. The van der Waals surface area contributed by atoms with Crippen LogP contribution in [0.15, 0.2) is 5.16 Å². The standard InChI is InChI=1S/C4H8N4S/c1-9-4-6-3(2-5)7-8-4/h2,5H2,1H3,(H,6,7,8). The van der Waals surface area contributed by atoms with Gasteiger partial charge in [0.2, 0.25) is 5.16 Å². The maximum absolute atomic E-state index is 5.27. The summed E-state index contributed by atoms with van der Waals surface area (Å²) in [5.74, 6) is 0.736. The second-order valence-electron chi connectivity index (χ2n) is 1.47. The number of thioether (sulfide) groups is 1. The van der Waals surface area contributed by atoms with Crippen LogP contribution in [0.3, 0.4) is 0 Å². The van der Waals surface area contributed by atoms with Crippen LogP contribution in [0, 0.1) is 0 Å². The molecule has 1 aromatic heterocycles. The molecule has 9 heavy (non-hydrogen) atoms. The Morgan fingerprint density at radius 2 is 2.56 bits per heavy atom. The van der Waals surface area contributed by atoms with Crippen LogP contribution in [0.2, 0.25) is 0 Å². The summed E-state index contributed by atoms with van der Waals surface area (Å²) >= 11 is 1.50. The molecule has 1 aromatic rings. The summed E-state index contributed by atoms with van der Waals surface area (Å²) in [5.41, 5.74) is 5.27. The summed E-state index contributed by atoms with van der Waals surface area (Å²) in [7, 11) is 0. The second-order valence-corrected chi connectivity index (χ2v) is 2.25. The highest BCUT2D eigenvalue weighted by atomic mass is 32.2. The van der Waals surface area contributed by atoms with Crippen molar-refractivity contribution in [2.75, 3.05) is 6.26 Å². The van der Waals surface area contributed by atoms with Crippen molar-refractivity contribution in [3.63, 3.8) is 0 Å². The molecule has 0 aromatic carbocycles. The minimum Gasteiger partial charge on any atom is -0.324 e. The number of H-pyrrole nitrogens is 1. The quantitative estimate of drug-likeness (QED) is 0.573. The molecule has 0 amide bonds. The van der Waals surface area contributed by atoms with E-state index in [1.807, 2.05) is 6.26 Å². The second kappa shape index (κ2) is 2.84. The third kappa shape index (κ3) is 1.43. The highest BCUT2D eigenvalue weighted by Crippen LogP contribution is 2.05.